The molecule has 21 heavy (non-hydrogen) atoms. The van der Waals surface area contributed by atoms with Gasteiger partial charge in [-0.05, 0) is 37.9 Å². The first kappa shape index (κ1) is 16.7. The summed E-state index contributed by atoms with van der Waals surface area (Å²) >= 11 is 1.62. The first-order valence-corrected chi connectivity index (χ1v) is 9.70. The van der Waals surface area contributed by atoms with Crippen LogP contribution in [0.15, 0.2) is 28.3 Å². The number of rotatable bonds is 6. The zero-order valence-corrected chi connectivity index (χ0v) is 14.2. The Labute approximate surface area is 131 Å². The summed E-state index contributed by atoms with van der Waals surface area (Å²) in [4.78, 5) is 4.56. The molecule has 0 spiro atoms. The summed E-state index contributed by atoms with van der Waals surface area (Å²) in [6, 6.07) is 3.46. The number of nitrogens with zero attached hydrogens (tertiary/aromatic N) is 2. The maximum Gasteiger partial charge on any atom is 0.244 e. The van der Waals surface area contributed by atoms with Crippen molar-refractivity contribution in [2.45, 2.75) is 29.7 Å². The predicted octanol–water partition coefficient (Wildman–Crippen LogP) is 1.81. The van der Waals surface area contributed by atoms with E-state index in [9.17, 15) is 8.42 Å². The Morgan fingerprint density at radius 2 is 2.10 bits per heavy atom. The Kier molecular flexibility index (Phi) is 6.04. The van der Waals surface area contributed by atoms with Crippen LogP contribution >= 0.6 is 11.8 Å². The topological polar surface area (TPSA) is 62.3 Å². The summed E-state index contributed by atoms with van der Waals surface area (Å²) in [6.45, 7) is 4.30. The van der Waals surface area contributed by atoms with Gasteiger partial charge in [0.1, 0.15) is 4.90 Å². The molecule has 118 valence electrons. The van der Waals surface area contributed by atoms with Crippen molar-refractivity contribution >= 4 is 21.8 Å². The fourth-order valence-corrected chi connectivity index (χ4v) is 4.46. The van der Waals surface area contributed by atoms with Gasteiger partial charge in [0.15, 0.2) is 0 Å². The second-order valence-corrected chi connectivity index (χ2v) is 8.42. The van der Waals surface area contributed by atoms with Gasteiger partial charge in [0, 0.05) is 31.6 Å². The monoisotopic (exact) mass is 329 g/mol. The second-order valence-electron chi connectivity index (χ2n) is 5.37. The molecule has 1 aromatic rings. The molecule has 1 N–H and O–H groups in total. The molecule has 5 nitrogen and oxygen atoms in total. The Morgan fingerprint density at radius 3 is 2.67 bits per heavy atom. The maximum atomic E-state index is 12.5. The molecule has 1 fully saturated rings. The lowest BCUT2D eigenvalue weighted by Gasteiger charge is -2.29. The second kappa shape index (κ2) is 7.58. The Balaban J connectivity index is 2.03. The van der Waals surface area contributed by atoms with Gasteiger partial charge in [-0.3, -0.25) is 0 Å². The van der Waals surface area contributed by atoms with Gasteiger partial charge < -0.3 is 5.32 Å². The van der Waals surface area contributed by atoms with Crippen LogP contribution in [0.25, 0.3) is 0 Å². The van der Waals surface area contributed by atoms with E-state index in [0.29, 0.717) is 23.9 Å². The van der Waals surface area contributed by atoms with Crippen LogP contribution in [-0.2, 0) is 10.0 Å². The lowest BCUT2D eigenvalue weighted by atomic mass is 10.0. The minimum Gasteiger partial charge on any atom is -0.319 e. The molecule has 0 aliphatic carbocycles. The van der Waals surface area contributed by atoms with Gasteiger partial charge in [0.2, 0.25) is 10.0 Å². The summed E-state index contributed by atoms with van der Waals surface area (Å²) < 4.78 is 26.7. The molecule has 0 radical (unpaired) electrons. The van der Waals surface area contributed by atoms with E-state index in [1.807, 2.05) is 7.05 Å². The van der Waals surface area contributed by atoms with Crippen molar-refractivity contribution in [2.24, 2.45) is 5.92 Å². The summed E-state index contributed by atoms with van der Waals surface area (Å²) in [5.41, 5.74) is 0. The van der Waals surface area contributed by atoms with Gasteiger partial charge in [0.05, 0.1) is 5.03 Å². The minimum atomic E-state index is -3.38. The number of piperidine rings is 1. The van der Waals surface area contributed by atoms with E-state index in [1.165, 1.54) is 6.20 Å². The van der Waals surface area contributed by atoms with Gasteiger partial charge in [0.25, 0.3) is 0 Å². The summed E-state index contributed by atoms with van der Waals surface area (Å²) in [6.07, 6.45) is 3.35. The van der Waals surface area contributed by atoms with E-state index in [2.05, 4.69) is 17.2 Å². The third kappa shape index (κ3) is 4.42. The molecule has 1 saturated heterocycles. The zero-order valence-electron chi connectivity index (χ0n) is 12.6. The fourth-order valence-electron chi connectivity index (χ4n) is 2.24. The van der Waals surface area contributed by atoms with E-state index in [1.54, 1.807) is 28.2 Å². The Morgan fingerprint density at radius 1 is 1.38 bits per heavy atom. The third-order valence-electron chi connectivity index (χ3n) is 3.69. The van der Waals surface area contributed by atoms with Crippen LogP contribution < -0.4 is 5.32 Å². The van der Waals surface area contributed by atoms with E-state index < -0.39 is 10.0 Å². The molecule has 0 atom stereocenters. The van der Waals surface area contributed by atoms with E-state index in [0.717, 1.165) is 30.2 Å². The Hall–Kier alpha value is -0.630. The molecule has 2 rings (SSSR count). The summed E-state index contributed by atoms with van der Waals surface area (Å²) in [5, 5.41) is 3.93. The number of sulfonamides is 1. The highest BCUT2D eigenvalue weighted by Gasteiger charge is 2.28. The number of nitrogens with one attached hydrogen (secondary N) is 1. The quantitative estimate of drug-likeness (QED) is 0.637. The first-order valence-electron chi connectivity index (χ1n) is 7.27. The molecule has 0 bridgehead atoms. The summed E-state index contributed by atoms with van der Waals surface area (Å²) in [7, 11) is -1.47. The third-order valence-corrected chi connectivity index (χ3v) is 6.52. The Bertz CT molecular complexity index is 538. The number of pyridine rings is 1. The lowest BCUT2D eigenvalue weighted by molar-refractivity contribution is 0.288. The average molecular weight is 329 g/mol. The standard InChI is InChI=1S/C14H23N3O2S2/c1-12-5-8-17(9-6-12)21(18,19)13-3-4-14(16-11-13)20-10-7-15-2/h3-4,11-12,15H,5-10H2,1-2H3. The van der Waals surface area contributed by atoms with Crippen LogP contribution in [0, 0.1) is 5.92 Å². The molecular formula is C14H23N3O2S2. The van der Waals surface area contributed by atoms with Gasteiger partial charge in [-0.15, -0.1) is 11.8 Å². The molecular weight excluding hydrogens is 306 g/mol. The van der Waals surface area contributed by atoms with Crippen molar-refractivity contribution in [1.29, 1.82) is 0 Å². The lowest BCUT2D eigenvalue weighted by Crippen LogP contribution is -2.37. The highest BCUT2D eigenvalue weighted by atomic mass is 32.2. The minimum absolute atomic E-state index is 0.301. The molecule has 7 heteroatoms. The van der Waals surface area contributed by atoms with Crippen LogP contribution in [0.3, 0.4) is 0 Å². The maximum absolute atomic E-state index is 12.5. The van der Waals surface area contributed by atoms with Crippen molar-refractivity contribution in [1.82, 2.24) is 14.6 Å². The SMILES string of the molecule is CNCCSc1ccc(S(=O)(=O)N2CCC(C)CC2)cn1. The molecule has 1 aliphatic heterocycles. The van der Waals surface area contributed by atoms with Crippen molar-refractivity contribution < 1.29 is 8.42 Å². The van der Waals surface area contributed by atoms with Crippen molar-refractivity contribution in [3.05, 3.63) is 18.3 Å². The molecule has 0 unspecified atom stereocenters. The highest BCUT2D eigenvalue weighted by Crippen LogP contribution is 2.24. The molecule has 2 heterocycles. The van der Waals surface area contributed by atoms with Crippen LogP contribution in [0.1, 0.15) is 19.8 Å². The van der Waals surface area contributed by atoms with E-state index in [4.69, 9.17) is 0 Å². The van der Waals surface area contributed by atoms with Crippen LogP contribution in [0.4, 0.5) is 0 Å². The van der Waals surface area contributed by atoms with Crippen LogP contribution in [0.5, 0.6) is 0 Å². The molecule has 0 amide bonds. The number of hydrogen-bond acceptors (Lipinski definition) is 5. The van der Waals surface area contributed by atoms with Gasteiger partial charge >= 0.3 is 0 Å². The number of aromatic nitrogens is 1. The van der Waals surface area contributed by atoms with Gasteiger partial charge in [-0.1, -0.05) is 6.92 Å². The zero-order chi connectivity index (χ0) is 15.3. The van der Waals surface area contributed by atoms with Crippen LogP contribution in [-0.4, -0.2) is 50.1 Å². The molecule has 0 aromatic carbocycles. The van der Waals surface area contributed by atoms with E-state index >= 15 is 0 Å². The number of thioether (sulfide) groups is 1. The molecule has 1 aromatic heterocycles. The van der Waals surface area contributed by atoms with Gasteiger partial charge in [-0.25, -0.2) is 13.4 Å². The molecule has 0 saturated carbocycles. The fraction of sp³-hybridized carbons (Fsp3) is 0.643. The van der Waals surface area contributed by atoms with E-state index in [-0.39, 0.29) is 0 Å². The normalized spacial score (nSPS) is 18.0. The van der Waals surface area contributed by atoms with Crippen molar-refractivity contribution in [3.8, 4) is 0 Å². The van der Waals surface area contributed by atoms with Crippen molar-refractivity contribution in [3.63, 3.8) is 0 Å². The molecule has 1 aliphatic rings. The summed E-state index contributed by atoms with van der Waals surface area (Å²) in [5.74, 6) is 1.53. The smallest absolute Gasteiger partial charge is 0.244 e. The predicted molar refractivity (Wildman–Crippen MR) is 86.0 cm³/mol. The average Bonchev–Trinajstić information content (AvgIpc) is 2.48. The highest BCUT2D eigenvalue weighted by molar-refractivity contribution is 7.99. The van der Waals surface area contributed by atoms with Crippen LogP contribution in [0.2, 0.25) is 0 Å². The van der Waals surface area contributed by atoms with Crippen molar-refractivity contribution in [2.75, 3.05) is 32.4 Å². The largest absolute Gasteiger partial charge is 0.319 e. The van der Waals surface area contributed by atoms with Gasteiger partial charge in [-0.2, -0.15) is 4.31 Å². The first-order chi connectivity index (χ1) is 10.0. The number of hydrogen-bond donors (Lipinski definition) is 1.